The molecule has 1 N–H and O–H groups in total. The summed E-state index contributed by atoms with van der Waals surface area (Å²) in [5, 5.41) is 8.93. The summed E-state index contributed by atoms with van der Waals surface area (Å²) in [5.74, 6) is -0.355. The first-order chi connectivity index (χ1) is 8.48. The van der Waals surface area contributed by atoms with Gasteiger partial charge in [0.1, 0.15) is 5.82 Å². The lowest BCUT2D eigenvalue weighted by atomic mass is 9.85. The fourth-order valence-corrected chi connectivity index (χ4v) is 2.26. The van der Waals surface area contributed by atoms with Crippen LogP contribution in [0.2, 0.25) is 0 Å². The van der Waals surface area contributed by atoms with Crippen LogP contribution >= 0.6 is 0 Å². The van der Waals surface area contributed by atoms with E-state index in [9.17, 15) is 4.79 Å². The zero-order chi connectivity index (χ0) is 13.2. The minimum Gasteiger partial charge on any atom is -0.476 e. The monoisotopic (exact) mass is 249 g/mol. The zero-order valence-corrected chi connectivity index (χ0v) is 10.9. The molecule has 5 heteroatoms. The van der Waals surface area contributed by atoms with Gasteiger partial charge in [-0.25, -0.2) is 9.78 Å². The van der Waals surface area contributed by atoms with Crippen LogP contribution in [0.3, 0.4) is 0 Å². The summed E-state index contributed by atoms with van der Waals surface area (Å²) in [6.07, 6.45) is 6.31. The first-order valence-corrected chi connectivity index (χ1v) is 6.28. The molecule has 1 fully saturated rings. The van der Waals surface area contributed by atoms with Crippen LogP contribution in [0.15, 0.2) is 12.4 Å². The lowest BCUT2D eigenvalue weighted by Crippen LogP contribution is -2.26. The Morgan fingerprint density at radius 2 is 2.11 bits per heavy atom. The third-order valence-electron chi connectivity index (χ3n) is 3.51. The maximum absolute atomic E-state index is 10.9. The van der Waals surface area contributed by atoms with E-state index in [2.05, 4.69) is 28.7 Å². The minimum absolute atomic E-state index is 0.0102. The molecule has 0 aliphatic carbocycles. The number of carboxylic acids is 1. The molecule has 1 aliphatic heterocycles. The molecule has 5 nitrogen and oxygen atoms in total. The van der Waals surface area contributed by atoms with Crippen molar-refractivity contribution in [1.29, 1.82) is 0 Å². The molecule has 1 aliphatic rings. The van der Waals surface area contributed by atoms with Gasteiger partial charge in [-0.05, 0) is 24.7 Å². The van der Waals surface area contributed by atoms with Gasteiger partial charge in [0.2, 0.25) is 0 Å². The van der Waals surface area contributed by atoms with Crippen molar-refractivity contribution in [3.8, 4) is 0 Å². The van der Waals surface area contributed by atoms with E-state index in [-0.39, 0.29) is 5.69 Å². The number of aromatic nitrogens is 2. The van der Waals surface area contributed by atoms with Crippen LogP contribution < -0.4 is 4.90 Å². The van der Waals surface area contributed by atoms with Crippen molar-refractivity contribution < 1.29 is 9.90 Å². The Balaban J connectivity index is 2.16. The highest BCUT2D eigenvalue weighted by molar-refractivity contribution is 5.85. The number of aromatic carboxylic acids is 1. The molecule has 98 valence electrons. The molecule has 0 saturated carbocycles. The molecule has 0 bridgehead atoms. The van der Waals surface area contributed by atoms with E-state index in [0.29, 0.717) is 11.2 Å². The lowest BCUT2D eigenvalue weighted by molar-refractivity contribution is 0.0690. The highest BCUT2D eigenvalue weighted by Crippen LogP contribution is 2.30. The fraction of sp³-hybridized carbons (Fsp3) is 0.615. The Hall–Kier alpha value is -1.65. The molecular formula is C13H19N3O2. The van der Waals surface area contributed by atoms with Crippen molar-refractivity contribution in [3.63, 3.8) is 0 Å². The molecule has 1 aromatic rings. The van der Waals surface area contributed by atoms with Crippen LogP contribution in [0, 0.1) is 5.41 Å². The SMILES string of the molecule is CC1(C)CCCN(c2cncc(C(=O)O)n2)CC1. The highest BCUT2D eigenvalue weighted by atomic mass is 16.4. The normalized spacial score (nSPS) is 19.3. The van der Waals surface area contributed by atoms with Gasteiger partial charge in [0, 0.05) is 13.1 Å². The van der Waals surface area contributed by atoms with Crippen LogP contribution in [-0.2, 0) is 0 Å². The van der Waals surface area contributed by atoms with Gasteiger partial charge >= 0.3 is 5.97 Å². The molecule has 0 atom stereocenters. The van der Waals surface area contributed by atoms with Gasteiger partial charge in [0.05, 0.1) is 12.4 Å². The predicted molar refractivity (Wildman–Crippen MR) is 68.8 cm³/mol. The highest BCUT2D eigenvalue weighted by Gasteiger charge is 2.24. The first-order valence-electron chi connectivity index (χ1n) is 6.28. The second-order valence-corrected chi connectivity index (χ2v) is 5.57. The van der Waals surface area contributed by atoms with E-state index in [1.807, 2.05) is 0 Å². The quantitative estimate of drug-likeness (QED) is 0.870. The molecule has 0 amide bonds. The van der Waals surface area contributed by atoms with Crippen molar-refractivity contribution in [1.82, 2.24) is 9.97 Å². The van der Waals surface area contributed by atoms with Gasteiger partial charge in [-0.1, -0.05) is 13.8 Å². The Morgan fingerprint density at radius 1 is 1.33 bits per heavy atom. The smallest absolute Gasteiger partial charge is 0.356 e. The van der Waals surface area contributed by atoms with Crippen molar-refractivity contribution >= 4 is 11.8 Å². The van der Waals surface area contributed by atoms with Crippen LogP contribution in [0.1, 0.15) is 43.6 Å². The third kappa shape index (κ3) is 2.97. The Kier molecular flexibility index (Phi) is 3.50. The maximum Gasteiger partial charge on any atom is 0.356 e. The lowest BCUT2D eigenvalue weighted by Gasteiger charge is -2.23. The number of hydrogen-bond acceptors (Lipinski definition) is 4. The first kappa shape index (κ1) is 12.8. The molecule has 0 unspecified atom stereocenters. The van der Waals surface area contributed by atoms with E-state index in [0.717, 1.165) is 25.9 Å². The number of carbonyl (C=O) groups is 1. The predicted octanol–water partition coefficient (Wildman–Crippen LogP) is 2.19. The summed E-state index contributed by atoms with van der Waals surface area (Å²) in [7, 11) is 0. The summed E-state index contributed by atoms with van der Waals surface area (Å²) in [5.41, 5.74) is 0.364. The molecule has 18 heavy (non-hydrogen) atoms. The van der Waals surface area contributed by atoms with E-state index >= 15 is 0 Å². The molecule has 0 aromatic carbocycles. The van der Waals surface area contributed by atoms with Crippen molar-refractivity contribution in [2.75, 3.05) is 18.0 Å². The Bertz CT molecular complexity index is 446. The topological polar surface area (TPSA) is 66.3 Å². The van der Waals surface area contributed by atoms with Crippen molar-refractivity contribution in [3.05, 3.63) is 18.1 Å². The number of rotatable bonds is 2. The van der Waals surface area contributed by atoms with Gasteiger partial charge in [-0.2, -0.15) is 0 Å². The van der Waals surface area contributed by atoms with E-state index < -0.39 is 5.97 Å². The van der Waals surface area contributed by atoms with E-state index in [1.54, 1.807) is 6.20 Å². The van der Waals surface area contributed by atoms with Gasteiger partial charge in [0.25, 0.3) is 0 Å². The van der Waals surface area contributed by atoms with Gasteiger partial charge < -0.3 is 10.0 Å². The average Bonchev–Trinajstić information content (AvgIpc) is 2.50. The second-order valence-electron chi connectivity index (χ2n) is 5.57. The third-order valence-corrected chi connectivity index (χ3v) is 3.51. The van der Waals surface area contributed by atoms with Crippen molar-refractivity contribution in [2.45, 2.75) is 33.1 Å². The van der Waals surface area contributed by atoms with Crippen LogP contribution in [0.5, 0.6) is 0 Å². The molecule has 0 spiro atoms. The second kappa shape index (κ2) is 4.92. The van der Waals surface area contributed by atoms with Crippen LogP contribution in [0.4, 0.5) is 5.82 Å². The molecule has 0 radical (unpaired) electrons. The maximum atomic E-state index is 10.9. The summed E-state index contributed by atoms with van der Waals surface area (Å²) < 4.78 is 0. The minimum atomic E-state index is -1.03. The van der Waals surface area contributed by atoms with Gasteiger partial charge in [-0.15, -0.1) is 0 Å². The van der Waals surface area contributed by atoms with Crippen LogP contribution in [0.25, 0.3) is 0 Å². The summed E-state index contributed by atoms with van der Waals surface area (Å²) in [4.78, 5) is 21.1. The number of carboxylic acid groups (broad SMARTS) is 1. The standard InChI is InChI=1S/C13H19N3O2/c1-13(2)4-3-6-16(7-5-13)11-9-14-8-10(15-11)12(17)18/h8-9H,3-7H2,1-2H3,(H,17,18). The Morgan fingerprint density at radius 3 is 2.83 bits per heavy atom. The number of nitrogens with zero attached hydrogens (tertiary/aromatic N) is 3. The summed E-state index contributed by atoms with van der Waals surface area (Å²) in [6.45, 7) is 6.37. The molecule has 2 heterocycles. The van der Waals surface area contributed by atoms with Gasteiger partial charge in [-0.3, -0.25) is 4.98 Å². The molecule has 1 saturated heterocycles. The summed E-state index contributed by atoms with van der Waals surface area (Å²) >= 11 is 0. The summed E-state index contributed by atoms with van der Waals surface area (Å²) in [6, 6.07) is 0. The number of hydrogen-bond donors (Lipinski definition) is 1. The molecular weight excluding hydrogens is 230 g/mol. The van der Waals surface area contributed by atoms with Crippen LogP contribution in [-0.4, -0.2) is 34.1 Å². The average molecular weight is 249 g/mol. The zero-order valence-electron chi connectivity index (χ0n) is 10.9. The van der Waals surface area contributed by atoms with E-state index in [4.69, 9.17) is 5.11 Å². The Labute approximate surface area is 107 Å². The molecule has 2 rings (SSSR count). The fourth-order valence-electron chi connectivity index (χ4n) is 2.26. The van der Waals surface area contributed by atoms with Gasteiger partial charge in [0.15, 0.2) is 5.69 Å². The number of anilines is 1. The van der Waals surface area contributed by atoms with Crippen molar-refractivity contribution in [2.24, 2.45) is 5.41 Å². The largest absolute Gasteiger partial charge is 0.476 e. The van der Waals surface area contributed by atoms with E-state index in [1.165, 1.54) is 12.6 Å². The molecule has 1 aromatic heterocycles.